The summed E-state index contributed by atoms with van der Waals surface area (Å²) in [5, 5.41) is 3.96. The number of carbonyl (C=O) groups is 1. The lowest BCUT2D eigenvalue weighted by atomic mass is 10.0. The molecule has 1 aliphatic rings. The first-order valence-corrected chi connectivity index (χ1v) is 7.84. The molecule has 0 aromatic rings. The lowest BCUT2D eigenvalue weighted by Crippen LogP contribution is -2.40. The Kier molecular flexibility index (Phi) is 7.69. The molecule has 3 nitrogen and oxygen atoms in total. The maximum absolute atomic E-state index is 11.7. The third kappa shape index (κ3) is 5.77. The maximum atomic E-state index is 11.7. The van der Waals surface area contributed by atoms with Gasteiger partial charge in [0.2, 0.25) is 0 Å². The van der Waals surface area contributed by atoms with Crippen LogP contribution in [0.1, 0.15) is 46.0 Å². The highest BCUT2D eigenvalue weighted by atomic mass is 32.2. The van der Waals surface area contributed by atoms with E-state index in [0.29, 0.717) is 6.61 Å². The largest absolute Gasteiger partial charge is 0.465 e. The van der Waals surface area contributed by atoms with E-state index in [4.69, 9.17) is 4.74 Å². The number of thioether (sulfide) groups is 1. The third-order valence-electron chi connectivity index (χ3n) is 3.07. The summed E-state index contributed by atoms with van der Waals surface area (Å²) < 4.78 is 5.08. The molecule has 0 aromatic heterocycles. The molecule has 0 amide bonds. The smallest absolute Gasteiger partial charge is 0.323 e. The Bertz CT molecular complexity index is 217. The normalized spacial score (nSPS) is 18.9. The SMILES string of the molecule is CCNC(CSC1CCCCC1)C(=O)OCC. The van der Waals surface area contributed by atoms with Crippen LogP contribution < -0.4 is 5.32 Å². The van der Waals surface area contributed by atoms with Crippen LogP contribution in [0.15, 0.2) is 0 Å². The molecular weight excluding hydrogens is 234 g/mol. The number of likely N-dealkylation sites (N-methyl/N-ethyl adjacent to an activating group) is 1. The summed E-state index contributed by atoms with van der Waals surface area (Å²) in [7, 11) is 0. The van der Waals surface area contributed by atoms with Crippen LogP contribution in [0.25, 0.3) is 0 Å². The third-order valence-corrected chi connectivity index (χ3v) is 4.54. The van der Waals surface area contributed by atoms with Crippen LogP contribution in [0.2, 0.25) is 0 Å². The molecule has 0 saturated heterocycles. The van der Waals surface area contributed by atoms with Crippen LogP contribution >= 0.6 is 11.8 Å². The molecule has 0 heterocycles. The van der Waals surface area contributed by atoms with Crippen molar-refractivity contribution in [1.29, 1.82) is 0 Å². The summed E-state index contributed by atoms with van der Waals surface area (Å²) in [6.07, 6.45) is 6.70. The second-order valence-corrected chi connectivity index (χ2v) is 5.79. The zero-order valence-corrected chi connectivity index (χ0v) is 11.9. The fourth-order valence-corrected chi connectivity index (χ4v) is 3.55. The molecule has 1 saturated carbocycles. The molecule has 4 heteroatoms. The monoisotopic (exact) mass is 259 g/mol. The molecule has 1 unspecified atom stereocenters. The van der Waals surface area contributed by atoms with Crippen molar-refractivity contribution >= 4 is 17.7 Å². The number of esters is 1. The van der Waals surface area contributed by atoms with Gasteiger partial charge in [0.15, 0.2) is 0 Å². The first-order chi connectivity index (χ1) is 8.27. The van der Waals surface area contributed by atoms with Crippen LogP contribution in [0.4, 0.5) is 0 Å². The number of nitrogens with one attached hydrogen (secondary N) is 1. The van der Waals surface area contributed by atoms with Crippen LogP contribution in [0.3, 0.4) is 0 Å². The molecule has 1 fully saturated rings. The predicted molar refractivity (Wildman–Crippen MR) is 73.4 cm³/mol. The Balaban J connectivity index is 2.29. The van der Waals surface area contributed by atoms with Crippen LogP contribution in [-0.2, 0) is 9.53 Å². The minimum absolute atomic E-state index is 0.0994. The summed E-state index contributed by atoms with van der Waals surface area (Å²) in [5.74, 6) is 0.745. The maximum Gasteiger partial charge on any atom is 0.323 e. The number of hydrogen-bond acceptors (Lipinski definition) is 4. The summed E-state index contributed by atoms with van der Waals surface area (Å²) in [6, 6.07) is -0.133. The topological polar surface area (TPSA) is 38.3 Å². The van der Waals surface area contributed by atoms with Crippen molar-refractivity contribution in [2.45, 2.75) is 57.2 Å². The Hall–Kier alpha value is -0.220. The minimum atomic E-state index is -0.133. The average molecular weight is 259 g/mol. The zero-order chi connectivity index (χ0) is 12.5. The lowest BCUT2D eigenvalue weighted by molar-refractivity contribution is -0.144. The number of hydrogen-bond donors (Lipinski definition) is 1. The summed E-state index contributed by atoms with van der Waals surface area (Å²) in [5.41, 5.74) is 0. The van der Waals surface area contributed by atoms with Crippen molar-refractivity contribution < 1.29 is 9.53 Å². The van der Waals surface area contributed by atoms with Gasteiger partial charge in [-0.25, -0.2) is 0 Å². The summed E-state index contributed by atoms with van der Waals surface area (Å²) in [4.78, 5) is 11.7. The molecule has 0 radical (unpaired) electrons. The van der Waals surface area contributed by atoms with Gasteiger partial charge in [0.1, 0.15) is 6.04 Å². The number of ether oxygens (including phenoxy) is 1. The molecule has 1 atom stereocenters. The highest BCUT2D eigenvalue weighted by molar-refractivity contribution is 7.99. The van der Waals surface area contributed by atoms with Gasteiger partial charge >= 0.3 is 5.97 Å². The van der Waals surface area contributed by atoms with Gasteiger partial charge in [-0.3, -0.25) is 4.79 Å². The Morgan fingerprint density at radius 2 is 2.06 bits per heavy atom. The quantitative estimate of drug-likeness (QED) is 0.713. The van der Waals surface area contributed by atoms with Gasteiger partial charge in [0.25, 0.3) is 0 Å². The molecule has 1 aliphatic carbocycles. The summed E-state index contributed by atoms with van der Waals surface area (Å²) in [6.45, 7) is 5.16. The predicted octanol–water partition coefficient (Wildman–Crippen LogP) is 2.59. The van der Waals surface area contributed by atoms with Gasteiger partial charge < -0.3 is 10.1 Å². The van der Waals surface area contributed by atoms with E-state index >= 15 is 0 Å². The van der Waals surface area contributed by atoms with E-state index in [2.05, 4.69) is 5.32 Å². The zero-order valence-electron chi connectivity index (χ0n) is 11.0. The van der Waals surface area contributed by atoms with Gasteiger partial charge in [-0.1, -0.05) is 26.2 Å². The Morgan fingerprint density at radius 1 is 1.35 bits per heavy atom. The van der Waals surface area contributed by atoms with Crippen molar-refractivity contribution in [1.82, 2.24) is 5.32 Å². The van der Waals surface area contributed by atoms with Crippen LogP contribution in [-0.4, -0.2) is 36.2 Å². The first kappa shape index (κ1) is 14.8. The molecule has 100 valence electrons. The van der Waals surface area contributed by atoms with E-state index < -0.39 is 0 Å². The molecule has 1 rings (SSSR count). The molecule has 0 aliphatic heterocycles. The number of carbonyl (C=O) groups excluding carboxylic acids is 1. The average Bonchev–Trinajstić information content (AvgIpc) is 2.36. The molecule has 1 N–H and O–H groups in total. The fraction of sp³-hybridized carbons (Fsp3) is 0.923. The lowest BCUT2D eigenvalue weighted by Gasteiger charge is -2.23. The highest BCUT2D eigenvalue weighted by Gasteiger charge is 2.21. The second kappa shape index (κ2) is 8.81. The molecule has 0 aromatic carbocycles. The Morgan fingerprint density at radius 3 is 2.65 bits per heavy atom. The van der Waals surface area contributed by atoms with E-state index in [0.717, 1.165) is 17.5 Å². The Labute approximate surface area is 109 Å². The van der Waals surface area contributed by atoms with E-state index in [1.165, 1.54) is 32.1 Å². The molecular formula is C13H25NO2S. The van der Waals surface area contributed by atoms with Crippen LogP contribution in [0.5, 0.6) is 0 Å². The van der Waals surface area contributed by atoms with Crippen molar-refractivity contribution in [2.75, 3.05) is 18.9 Å². The van der Waals surface area contributed by atoms with Gasteiger partial charge in [-0.15, -0.1) is 0 Å². The van der Waals surface area contributed by atoms with Crippen LogP contribution in [0, 0.1) is 0 Å². The van der Waals surface area contributed by atoms with Gasteiger partial charge in [0, 0.05) is 11.0 Å². The molecule has 0 bridgehead atoms. The highest BCUT2D eigenvalue weighted by Crippen LogP contribution is 2.28. The van der Waals surface area contributed by atoms with E-state index in [1.54, 1.807) is 0 Å². The first-order valence-electron chi connectivity index (χ1n) is 6.79. The van der Waals surface area contributed by atoms with Gasteiger partial charge in [-0.05, 0) is 26.3 Å². The number of rotatable bonds is 7. The van der Waals surface area contributed by atoms with Crippen molar-refractivity contribution in [3.63, 3.8) is 0 Å². The van der Waals surface area contributed by atoms with E-state index in [1.807, 2.05) is 25.6 Å². The van der Waals surface area contributed by atoms with Gasteiger partial charge in [0.05, 0.1) is 6.61 Å². The summed E-state index contributed by atoms with van der Waals surface area (Å²) >= 11 is 1.94. The minimum Gasteiger partial charge on any atom is -0.465 e. The fourth-order valence-electron chi connectivity index (χ4n) is 2.16. The van der Waals surface area contributed by atoms with Crippen molar-refractivity contribution in [3.8, 4) is 0 Å². The van der Waals surface area contributed by atoms with Crippen molar-refractivity contribution in [3.05, 3.63) is 0 Å². The van der Waals surface area contributed by atoms with Gasteiger partial charge in [-0.2, -0.15) is 11.8 Å². The van der Waals surface area contributed by atoms with Crippen molar-refractivity contribution in [2.24, 2.45) is 0 Å². The van der Waals surface area contributed by atoms with E-state index in [-0.39, 0.29) is 12.0 Å². The second-order valence-electron chi connectivity index (χ2n) is 4.46. The molecule has 17 heavy (non-hydrogen) atoms. The van der Waals surface area contributed by atoms with E-state index in [9.17, 15) is 4.79 Å². The molecule has 0 spiro atoms. The standard InChI is InChI=1S/C13H25NO2S/c1-3-14-12(13(15)16-4-2)10-17-11-8-6-5-7-9-11/h11-12,14H,3-10H2,1-2H3.